The maximum atomic E-state index is 6.12. The van der Waals surface area contributed by atoms with Gasteiger partial charge in [0.2, 0.25) is 0 Å². The van der Waals surface area contributed by atoms with Crippen LogP contribution >= 0.6 is 35.7 Å². The smallest absolute Gasteiger partial charge is 0.191 e. The van der Waals surface area contributed by atoms with E-state index in [0.717, 1.165) is 31.5 Å². The highest BCUT2D eigenvalue weighted by molar-refractivity contribution is 14.0. The Morgan fingerprint density at radius 2 is 2.17 bits per heavy atom. The van der Waals surface area contributed by atoms with Crippen molar-refractivity contribution in [2.45, 2.75) is 43.8 Å². The standard InChI is InChI=1S/C13H25N3S.HI/c1-11-5-3-8-16(9-11)12(14)15-10-13(17-2)6-4-7-13;/h11H,3-10H2,1-2H3,(H2,14,15);1H. The van der Waals surface area contributed by atoms with Gasteiger partial charge in [-0.05, 0) is 37.9 Å². The lowest BCUT2D eigenvalue weighted by Crippen LogP contribution is -2.45. The predicted molar refractivity (Wildman–Crippen MR) is 92.0 cm³/mol. The van der Waals surface area contributed by atoms with E-state index in [1.165, 1.54) is 32.1 Å². The number of hydrogen-bond donors (Lipinski definition) is 1. The summed E-state index contributed by atoms with van der Waals surface area (Å²) in [6, 6.07) is 0. The first-order chi connectivity index (χ1) is 8.15. The van der Waals surface area contributed by atoms with Gasteiger partial charge >= 0.3 is 0 Å². The summed E-state index contributed by atoms with van der Waals surface area (Å²) in [6.07, 6.45) is 8.76. The third-order valence-electron chi connectivity index (χ3n) is 4.21. The molecule has 0 aromatic heterocycles. The number of rotatable bonds is 3. The molecular formula is C13H26IN3S. The number of piperidine rings is 1. The third kappa shape index (κ3) is 3.92. The Morgan fingerprint density at radius 3 is 2.67 bits per heavy atom. The van der Waals surface area contributed by atoms with Crippen molar-refractivity contribution in [3.05, 3.63) is 0 Å². The molecule has 1 unspecified atom stereocenters. The molecule has 106 valence electrons. The summed E-state index contributed by atoms with van der Waals surface area (Å²) in [4.78, 5) is 6.91. The fraction of sp³-hybridized carbons (Fsp3) is 0.923. The van der Waals surface area contributed by atoms with E-state index >= 15 is 0 Å². The molecule has 1 aliphatic heterocycles. The van der Waals surface area contributed by atoms with Gasteiger partial charge in [0.25, 0.3) is 0 Å². The van der Waals surface area contributed by atoms with Crippen LogP contribution in [-0.4, -0.2) is 41.5 Å². The summed E-state index contributed by atoms with van der Waals surface area (Å²) in [5.74, 6) is 1.53. The number of nitrogens with two attached hydrogens (primary N) is 1. The molecule has 1 aliphatic carbocycles. The van der Waals surface area contributed by atoms with Crippen molar-refractivity contribution in [3.63, 3.8) is 0 Å². The Kier molecular flexibility index (Phi) is 6.58. The van der Waals surface area contributed by atoms with Crippen LogP contribution in [0.1, 0.15) is 39.0 Å². The van der Waals surface area contributed by atoms with Crippen molar-refractivity contribution in [1.82, 2.24) is 4.90 Å². The van der Waals surface area contributed by atoms with E-state index in [0.29, 0.717) is 4.75 Å². The molecule has 18 heavy (non-hydrogen) atoms. The van der Waals surface area contributed by atoms with Gasteiger partial charge in [0.1, 0.15) is 0 Å². The molecular weight excluding hydrogens is 357 g/mol. The molecule has 2 aliphatic rings. The summed E-state index contributed by atoms with van der Waals surface area (Å²) in [7, 11) is 0. The number of likely N-dealkylation sites (tertiary alicyclic amines) is 1. The molecule has 0 spiro atoms. The monoisotopic (exact) mass is 383 g/mol. The number of aliphatic imine (C=N–C) groups is 1. The van der Waals surface area contributed by atoms with Crippen molar-refractivity contribution in [2.75, 3.05) is 25.9 Å². The van der Waals surface area contributed by atoms with E-state index < -0.39 is 0 Å². The molecule has 1 heterocycles. The Morgan fingerprint density at radius 1 is 1.44 bits per heavy atom. The second-order valence-electron chi connectivity index (χ2n) is 5.61. The predicted octanol–water partition coefficient (Wildman–Crippen LogP) is 2.94. The van der Waals surface area contributed by atoms with E-state index in [9.17, 15) is 0 Å². The summed E-state index contributed by atoms with van der Waals surface area (Å²) in [6.45, 7) is 5.38. The van der Waals surface area contributed by atoms with Crippen molar-refractivity contribution >= 4 is 41.7 Å². The highest BCUT2D eigenvalue weighted by Crippen LogP contribution is 2.42. The summed E-state index contributed by atoms with van der Waals surface area (Å²) < 4.78 is 0.409. The van der Waals surface area contributed by atoms with E-state index in [1.54, 1.807) is 0 Å². The van der Waals surface area contributed by atoms with Crippen LogP contribution < -0.4 is 5.73 Å². The molecule has 5 heteroatoms. The second kappa shape index (κ2) is 7.22. The Hall–Kier alpha value is 0.350. The van der Waals surface area contributed by atoms with Crippen LogP contribution in [0.5, 0.6) is 0 Å². The largest absolute Gasteiger partial charge is 0.370 e. The molecule has 2 N–H and O–H groups in total. The average molecular weight is 383 g/mol. The van der Waals surface area contributed by atoms with Gasteiger partial charge in [-0.15, -0.1) is 24.0 Å². The molecule has 0 aromatic carbocycles. The number of halogens is 1. The minimum absolute atomic E-state index is 0. The van der Waals surface area contributed by atoms with Crippen LogP contribution in [0.2, 0.25) is 0 Å². The normalized spacial score (nSPS) is 27.3. The number of nitrogens with zero attached hydrogens (tertiary/aromatic N) is 2. The summed E-state index contributed by atoms with van der Waals surface area (Å²) in [5, 5.41) is 0. The lowest BCUT2D eigenvalue weighted by Gasteiger charge is -2.39. The summed E-state index contributed by atoms with van der Waals surface area (Å²) in [5.41, 5.74) is 6.12. The first kappa shape index (κ1) is 16.4. The topological polar surface area (TPSA) is 41.6 Å². The maximum Gasteiger partial charge on any atom is 0.191 e. The van der Waals surface area contributed by atoms with Crippen molar-refractivity contribution in [3.8, 4) is 0 Å². The van der Waals surface area contributed by atoms with Gasteiger partial charge in [0, 0.05) is 17.8 Å². The van der Waals surface area contributed by atoms with Crippen molar-refractivity contribution < 1.29 is 0 Å². The zero-order valence-electron chi connectivity index (χ0n) is 11.5. The minimum Gasteiger partial charge on any atom is -0.370 e. The van der Waals surface area contributed by atoms with Gasteiger partial charge in [-0.1, -0.05) is 13.3 Å². The molecule has 0 radical (unpaired) electrons. The fourth-order valence-corrected chi connectivity index (χ4v) is 3.61. The lowest BCUT2D eigenvalue weighted by molar-refractivity contribution is 0.269. The number of thioether (sulfide) groups is 1. The highest BCUT2D eigenvalue weighted by Gasteiger charge is 2.36. The fourth-order valence-electron chi connectivity index (χ4n) is 2.72. The van der Waals surface area contributed by atoms with Gasteiger partial charge < -0.3 is 10.6 Å². The van der Waals surface area contributed by atoms with E-state index in [-0.39, 0.29) is 24.0 Å². The van der Waals surface area contributed by atoms with Crippen LogP contribution in [0.4, 0.5) is 0 Å². The molecule has 1 atom stereocenters. The molecule has 3 nitrogen and oxygen atoms in total. The molecule has 0 bridgehead atoms. The van der Waals surface area contributed by atoms with Gasteiger partial charge in [-0.3, -0.25) is 4.99 Å². The SMILES string of the molecule is CSC1(CN=C(N)N2CCCC(C)C2)CCC1.I. The molecule has 0 amide bonds. The van der Waals surface area contributed by atoms with Crippen LogP contribution in [0.3, 0.4) is 0 Å². The zero-order valence-corrected chi connectivity index (χ0v) is 14.7. The van der Waals surface area contributed by atoms with Crippen molar-refractivity contribution in [1.29, 1.82) is 0 Å². The van der Waals surface area contributed by atoms with Gasteiger partial charge in [-0.25, -0.2) is 0 Å². The third-order valence-corrected chi connectivity index (χ3v) is 5.61. The van der Waals surface area contributed by atoms with E-state index in [4.69, 9.17) is 5.73 Å². The second-order valence-corrected chi connectivity index (χ2v) is 6.88. The first-order valence-corrected chi connectivity index (χ1v) is 7.98. The van der Waals surface area contributed by atoms with E-state index in [1.807, 2.05) is 11.8 Å². The Balaban J connectivity index is 0.00000162. The molecule has 2 fully saturated rings. The Labute approximate surface area is 132 Å². The average Bonchev–Trinajstić information content (AvgIpc) is 2.28. The van der Waals surface area contributed by atoms with Crippen LogP contribution in [0.15, 0.2) is 4.99 Å². The lowest BCUT2D eigenvalue weighted by atomic mass is 9.84. The van der Waals surface area contributed by atoms with Crippen LogP contribution in [0.25, 0.3) is 0 Å². The Bertz CT molecular complexity index is 286. The molecule has 2 rings (SSSR count). The maximum absolute atomic E-state index is 6.12. The quantitative estimate of drug-likeness (QED) is 0.463. The minimum atomic E-state index is 0. The van der Waals surface area contributed by atoms with Crippen LogP contribution in [0, 0.1) is 5.92 Å². The van der Waals surface area contributed by atoms with Gasteiger partial charge in [0.05, 0.1) is 6.54 Å². The molecule has 1 saturated carbocycles. The van der Waals surface area contributed by atoms with Crippen molar-refractivity contribution in [2.24, 2.45) is 16.6 Å². The number of hydrogen-bond acceptors (Lipinski definition) is 2. The van der Waals surface area contributed by atoms with E-state index in [2.05, 4.69) is 23.1 Å². The highest BCUT2D eigenvalue weighted by atomic mass is 127. The van der Waals surface area contributed by atoms with Gasteiger partial charge in [-0.2, -0.15) is 11.8 Å². The molecule has 1 saturated heterocycles. The zero-order chi connectivity index (χ0) is 12.3. The van der Waals surface area contributed by atoms with Gasteiger partial charge in [0.15, 0.2) is 5.96 Å². The molecule has 0 aromatic rings. The summed E-state index contributed by atoms with van der Waals surface area (Å²) >= 11 is 1.97. The van der Waals surface area contributed by atoms with Crippen LogP contribution in [-0.2, 0) is 0 Å². The number of guanidine groups is 1. The first-order valence-electron chi connectivity index (χ1n) is 6.75.